The molecule has 0 aliphatic heterocycles. The molecular weight excluding hydrogens is 384 g/mol. The summed E-state index contributed by atoms with van der Waals surface area (Å²) in [6.07, 6.45) is 0. The van der Waals surface area contributed by atoms with Crippen molar-refractivity contribution in [3.05, 3.63) is 132 Å². The minimum absolute atomic E-state index is 1.23. The lowest BCUT2D eigenvalue weighted by atomic mass is 9.90. The van der Waals surface area contributed by atoms with Crippen LogP contribution in [0, 0.1) is 13.8 Å². The van der Waals surface area contributed by atoms with Crippen molar-refractivity contribution in [3.8, 4) is 44.5 Å². The zero-order valence-electron chi connectivity index (χ0n) is 18.5. The molecule has 0 N–H and O–H groups in total. The van der Waals surface area contributed by atoms with Crippen LogP contribution in [0.5, 0.6) is 0 Å². The predicted octanol–water partition coefficient (Wildman–Crippen LogP) is 8.97. The lowest BCUT2D eigenvalue weighted by molar-refractivity contribution is 1.46. The smallest absolute Gasteiger partial charge is 0.00992 e. The number of rotatable bonds is 4. The quantitative estimate of drug-likeness (QED) is 0.277. The molecule has 0 aliphatic carbocycles. The monoisotopic (exact) mass is 410 g/mol. The van der Waals surface area contributed by atoms with Crippen LogP contribution < -0.4 is 0 Å². The molecule has 0 unspecified atom stereocenters. The van der Waals surface area contributed by atoms with Crippen LogP contribution in [0.3, 0.4) is 0 Å². The lowest BCUT2D eigenvalue weighted by Gasteiger charge is -2.14. The predicted molar refractivity (Wildman–Crippen MR) is 138 cm³/mol. The van der Waals surface area contributed by atoms with Crippen LogP contribution in [0.1, 0.15) is 11.1 Å². The van der Waals surface area contributed by atoms with Gasteiger partial charge in [-0.15, -0.1) is 0 Å². The molecule has 0 amide bonds. The summed E-state index contributed by atoms with van der Waals surface area (Å²) in [6.45, 7) is 4.27. The summed E-state index contributed by atoms with van der Waals surface area (Å²) in [5, 5.41) is 0. The zero-order valence-corrected chi connectivity index (χ0v) is 18.5. The number of benzene rings is 5. The van der Waals surface area contributed by atoms with Crippen molar-refractivity contribution in [3.63, 3.8) is 0 Å². The molecule has 0 aliphatic rings. The van der Waals surface area contributed by atoms with E-state index in [0.29, 0.717) is 0 Å². The molecular formula is C32H26. The molecule has 32 heavy (non-hydrogen) atoms. The molecule has 0 atom stereocenters. The van der Waals surface area contributed by atoms with Crippen LogP contribution in [0.2, 0.25) is 0 Å². The van der Waals surface area contributed by atoms with Crippen molar-refractivity contribution in [2.24, 2.45) is 0 Å². The Kier molecular flexibility index (Phi) is 5.44. The Bertz CT molecular complexity index is 1340. The first-order valence-corrected chi connectivity index (χ1v) is 11.1. The van der Waals surface area contributed by atoms with Gasteiger partial charge in [-0.2, -0.15) is 0 Å². The summed E-state index contributed by atoms with van der Waals surface area (Å²) in [4.78, 5) is 0. The molecule has 5 rings (SSSR count). The van der Waals surface area contributed by atoms with E-state index >= 15 is 0 Å². The highest BCUT2D eigenvalue weighted by Crippen LogP contribution is 2.36. The van der Waals surface area contributed by atoms with Crippen LogP contribution in [0.4, 0.5) is 0 Å². The van der Waals surface area contributed by atoms with E-state index in [2.05, 4.69) is 135 Å². The highest BCUT2D eigenvalue weighted by Gasteiger charge is 2.10. The second-order valence-electron chi connectivity index (χ2n) is 8.44. The fourth-order valence-electron chi connectivity index (χ4n) is 4.24. The Hall–Kier alpha value is -3.90. The van der Waals surface area contributed by atoms with E-state index < -0.39 is 0 Å². The third kappa shape index (κ3) is 4.13. The van der Waals surface area contributed by atoms with Gasteiger partial charge in [0, 0.05) is 0 Å². The highest BCUT2D eigenvalue weighted by molar-refractivity contribution is 5.87. The van der Waals surface area contributed by atoms with Gasteiger partial charge in [-0.1, -0.05) is 126 Å². The van der Waals surface area contributed by atoms with Gasteiger partial charge < -0.3 is 0 Å². The summed E-state index contributed by atoms with van der Waals surface area (Å²) in [7, 11) is 0. The first kappa shape index (κ1) is 20.0. The van der Waals surface area contributed by atoms with Crippen molar-refractivity contribution in [2.75, 3.05) is 0 Å². The molecule has 0 bridgehead atoms. The van der Waals surface area contributed by atoms with E-state index in [9.17, 15) is 0 Å². The minimum Gasteiger partial charge on any atom is -0.0622 e. The summed E-state index contributed by atoms with van der Waals surface area (Å²) in [6, 6.07) is 43.9. The molecule has 0 heteroatoms. The first-order valence-electron chi connectivity index (χ1n) is 11.1. The summed E-state index contributed by atoms with van der Waals surface area (Å²) >= 11 is 0. The first-order chi connectivity index (χ1) is 15.7. The molecule has 0 heterocycles. The highest BCUT2D eigenvalue weighted by atomic mass is 14.1. The Labute approximate surface area is 190 Å². The average molecular weight is 411 g/mol. The largest absolute Gasteiger partial charge is 0.0622 e. The van der Waals surface area contributed by atoms with E-state index in [1.807, 2.05) is 0 Å². The van der Waals surface area contributed by atoms with Crippen LogP contribution in [0.15, 0.2) is 121 Å². The molecule has 0 saturated heterocycles. The normalized spacial score (nSPS) is 10.8. The fraction of sp³-hybridized carbons (Fsp3) is 0.0625. The van der Waals surface area contributed by atoms with Gasteiger partial charge in [-0.25, -0.2) is 0 Å². The van der Waals surface area contributed by atoms with E-state index in [1.54, 1.807) is 0 Å². The average Bonchev–Trinajstić information content (AvgIpc) is 2.85. The zero-order chi connectivity index (χ0) is 21.9. The fourth-order valence-corrected chi connectivity index (χ4v) is 4.24. The van der Waals surface area contributed by atoms with E-state index in [0.717, 1.165) is 0 Å². The standard InChI is InChI=1S/C32H26/c1-23-11-13-25(14-12-23)30-19-20-31(27-8-4-3-5-9-27)32(22-30)28-17-15-26(16-18-28)29-10-6-7-24(2)21-29/h3-22H,1-2H3. The van der Waals surface area contributed by atoms with Crippen molar-refractivity contribution >= 4 is 0 Å². The van der Waals surface area contributed by atoms with E-state index in [1.165, 1.54) is 55.6 Å². The minimum atomic E-state index is 1.23. The van der Waals surface area contributed by atoms with Gasteiger partial charge in [0.05, 0.1) is 0 Å². The molecule has 5 aromatic carbocycles. The van der Waals surface area contributed by atoms with Gasteiger partial charge in [0.2, 0.25) is 0 Å². The molecule has 0 nitrogen and oxygen atoms in total. The van der Waals surface area contributed by atoms with Gasteiger partial charge in [0.25, 0.3) is 0 Å². The van der Waals surface area contributed by atoms with Gasteiger partial charge in [0.15, 0.2) is 0 Å². The maximum Gasteiger partial charge on any atom is -0.00992 e. The third-order valence-electron chi connectivity index (χ3n) is 6.04. The number of hydrogen-bond donors (Lipinski definition) is 0. The van der Waals surface area contributed by atoms with Crippen LogP contribution >= 0.6 is 0 Å². The van der Waals surface area contributed by atoms with Gasteiger partial charge in [-0.05, 0) is 64.4 Å². The van der Waals surface area contributed by atoms with Crippen LogP contribution in [-0.2, 0) is 0 Å². The Morgan fingerprint density at radius 1 is 0.312 bits per heavy atom. The molecule has 5 aromatic rings. The van der Waals surface area contributed by atoms with E-state index in [-0.39, 0.29) is 0 Å². The molecule has 0 aromatic heterocycles. The maximum absolute atomic E-state index is 2.33. The van der Waals surface area contributed by atoms with Crippen molar-refractivity contribution in [1.29, 1.82) is 0 Å². The Morgan fingerprint density at radius 3 is 1.53 bits per heavy atom. The SMILES string of the molecule is Cc1ccc(-c2ccc(-c3ccccc3)c(-c3ccc(-c4cccc(C)c4)cc3)c2)cc1. The van der Waals surface area contributed by atoms with Crippen molar-refractivity contribution in [2.45, 2.75) is 13.8 Å². The summed E-state index contributed by atoms with van der Waals surface area (Å²) in [5.41, 5.74) is 12.5. The molecule has 0 spiro atoms. The second kappa shape index (κ2) is 8.69. The number of aryl methyl sites for hydroxylation is 2. The molecule has 154 valence electrons. The molecule has 0 saturated carbocycles. The summed E-state index contributed by atoms with van der Waals surface area (Å²) < 4.78 is 0. The Morgan fingerprint density at radius 2 is 0.844 bits per heavy atom. The lowest BCUT2D eigenvalue weighted by Crippen LogP contribution is -1.88. The van der Waals surface area contributed by atoms with Gasteiger partial charge >= 0.3 is 0 Å². The Balaban J connectivity index is 1.62. The number of hydrogen-bond acceptors (Lipinski definition) is 0. The summed E-state index contributed by atoms with van der Waals surface area (Å²) in [5.74, 6) is 0. The van der Waals surface area contributed by atoms with Crippen LogP contribution in [0.25, 0.3) is 44.5 Å². The van der Waals surface area contributed by atoms with E-state index in [4.69, 9.17) is 0 Å². The van der Waals surface area contributed by atoms with Gasteiger partial charge in [-0.3, -0.25) is 0 Å². The van der Waals surface area contributed by atoms with Crippen LogP contribution in [-0.4, -0.2) is 0 Å². The second-order valence-corrected chi connectivity index (χ2v) is 8.44. The van der Waals surface area contributed by atoms with Crippen molar-refractivity contribution in [1.82, 2.24) is 0 Å². The molecule has 0 radical (unpaired) electrons. The van der Waals surface area contributed by atoms with Crippen molar-refractivity contribution < 1.29 is 0 Å². The maximum atomic E-state index is 2.33. The van der Waals surface area contributed by atoms with Gasteiger partial charge in [0.1, 0.15) is 0 Å². The topological polar surface area (TPSA) is 0 Å². The third-order valence-corrected chi connectivity index (χ3v) is 6.04. The molecule has 0 fully saturated rings.